The molecule has 3 amide bonds. The van der Waals surface area contributed by atoms with Gasteiger partial charge in [0.05, 0.1) is 5.69 Å². The number of rotatable bonds is 8. The van der Waals surface area contributed by atoms with Gasteiger partial charge in [0.25, 0.3) is 11.8 Å². The van der Waals surface area contributed by atoms with Gasteiger partial charge >= 0.3 is 0 Å². The summed E-state index contributed by atoms with van der Waals surface area (Å²) < 4.78 is 40.0. The summed E-state index contributed by atoms with van der Waals surface area (Å²) in [5, 5.41) is 0. The monoisotopic (exact) mass is 709 g/mol. The van der Waals surface area contributed by atoms with Gasteiger partial charge in [-0.15, -0.1) is 0 Å². The third-order valence-corrected chi connectivity index (χ3v) is 9.10. The fourth-order valence-electron chi connectivity index (χ4n) is 6.56. The molecule has 0 bridgehead atoms. The molecule has 8 nitrogen and oxygen atoms in total. The molecule has 1 aliphatic heterocycles. The second kappa shape index (κ2) is 17.8. The van der Waals surface area contributed by atoms with Gasteiger partial charge in [-0.3, -0.25) is 14.4 Å². The van der Waals surface area contributed by atoms with Gasteiger partial charge in [-0.1, -0.05) is 74.5 Å². The number of methoxy groups -OCH3 is 2. The number of anilines is 1. The molecule has 52 heavy (non-hydrogen) atoms. The maximum atomic E-state index is 15.0. The molecule has 1 aliphatic rings. The number of fused-ring (bicyclic) bond motifs is 1. The Bertz CT molecular complexity index is 1830. The first kappa shape index (κ1) is 38.1. The summed E-state index contributed by atoms with van der Waals surface area (Å²) in [6.45, 7) is 4.61. The minimum absolute atomic E-state index is 0.0175. The van der Waals surface area contributed by atoms with Crippen molar-refractivity contribution in [1.29, 1.82) is 0 Å². The van der Waals surface area contributed by atoms with Crippen molar-refractivity contribution in [1.82, 2.24) is 9.80 Å². The van der Waals surface area contributed by atoms with Crippen LogP contribution in [0.3, 0.4) is 0 Å². The Morgan fingerprint density at radius 3 is 1.92 bits per heavy atom. The van der Waals surface area contributed by atoms with Crippen molar-refractivity contribution in [2.24, 2.45) is 5.92 Å². The predicted molar refractivity (Wildman–Crippen MR) is 197 cm³/mol. The molecule has 0 fully saturated rings. The lowest BCUT2D eigenvalue weighted by atomic mass is 9.98. The van der Waals surface area contributed by atoms with E-state index in [4.69, 9.17) is 9.47 Å². The third kappa shape index (κ3) is 9.18. The van der Waals surface area contributed by atoms with Crippen LogP contribution in [0.25, 0.3) is 0 Å². The Kier molecular flexibility index (Phi) is 13.1. The molecule has 272 valence electrons. The number of carbonyl (C=O) groups is 3. The molecule has 0 radical (unpaired) electrons. The Labute approximate surface area is 304 Å². The predicted octanol–water partition coefficient (Wildman–Crippen LogP) is 7.12. The highest BCUT2D eigenvalue weighted by Gasteiger charge is 2.37. The van der Waals surface area contributed by atoms with Gasteiger partial charge in [0.15, 0.2) is 0 Å². The van der Waals surface area contributed by atoms with Gasteiger partial charge in [-0.05, 0) is 66.1 Å². The summed E-state index contributed by atoms with van der Waals surface area (Å²) in [6, 6.07) is 26.5. The molecule has 5 rings (SSSR count). The van der Waals surface area contributed by atoms with Crippen molar-refractivity contribution < 1.29 is 32.6 Å². The van der Waals surface area contributed by atoms with Gasteiger partial charge in [0.1, 0.15) is 29.9 Å². The molecule has 0 aromatic heterocycles. The van der Waals surface area contributed by atoms with Crippen molar-refractivity contribution in [3.05, 3.63) is 149 Å². The van der Waals surface area contributed by atoms with Crippen LogP contribution in [0.1, 0.15) is 51.8 Å². The van der Waals surface area contributed by atoms with Crippen molar-refractivity contribution in [3.63, 3.8) is 0 Å². The van der Waals surface area contributed by atoms with E-state index < -0.39 is 35.8 Å². The first-order valence-electron chi connectivity index (χ1n) is 17.4. The minimum Gasteiger partial charge on any atom is -0.377 e. The molecule has 0 N–H and O–H groups in total. The number of hydrogen-bond acceptors (Lipinski definition) is 5. The Morgan fingerprint density at radius 1 is 0.750 bits per heavy atom. The fourth-order valence-corrected chi connectivity index (χ4v) is 6.56. The summed E-state index contributed by atoms with van der Waals surface area (Å²) >= 11 is 0. The van der Waals surface area contributed by atoms with Crippen LogP contribution in [0.4, 0.5) is 14.5 Å². The van der Waals surface area contributed by atoms with E-state index in [-0.39, 0.29) is 54.9 Å². The number of nitrogens with zero attached hydrogens (tertiary/aromatic N) is 3. The first-order chi connectivity index (χ1) is 25.1. The normalized spacial score (nSPS) is 19.2. The van der Waals surface area contributed by atoms with Crippen LogP contribution in [0, 0.1) is 17.6 Å². The zero-order chi connectivity index (χ0) is 37.2. The fraction of sp³-hybridized carbons (Fsp3) is 0.310. The number of carbonyl (C=O) groups excluding carboxylic acids is 3. The van der Waals surface area contributed by atoms with E-state index in [1.807, 2.05) is 68.4 Å². The second-order valence-electron chi connectivity index (χ2n) is 13.2. The third-order valence-electron chi connectivity index (χ3n) is 9.10. The lowest BCUT2D eigenvalue weighted by Gasteiger charge is -2.38. The number of ether oxygens (including phenoxy) is 2. The quantitative estimate of drug-likeness (QED) is 0.182. The highest BCUT2D eigenvalue weighted by molar-refractivity contribution is 6.06. The van der Waals surface area contributed by atoms with Gasteiger partial charge in [0.2, 0.25) is 5.91 Å². The van der Waals surface area contributed by atoms with Crippen molar-refractivity contribution in [3.8, 4) is 0 Å². The molecule has 0 saturated carbocycles. The maximum Gasteiger partial charge on any atom is 0.258 e. The standard InChI is InChI=1S/C42H45F2N3O5/c1-29(2)27-45-28-38(51-3)39(52-4)35-14-8-9-15-36(35)46(40(48)31-16-20-33(43)21-17-31)24-10-11-25-47(41(49)32-18-22-34(44)23-19-32)37(42(45)50)26-30-12-6-5-7-13-30/h5-23,29,37-39H,24-28H2,1-4H3/b11-10+/t37-,38?,39-/m0/s1. The van der Waals surface area contributed by atoms with Crippen LogP contribution in [-0.2, 0) is 20.7 Å². The Balaban J connectivity index is 1.68. The summed E-state index contributed by atoms with van der Waals surface area (Å²) in [5.41, 5.74) is 2.59. The van der Waals surface area contributed by atoms with E-state index in [1.165, 1.54) is 53.4 Å². The SMILES string of the molecule is COC1CN(CC(C)C)C(=O)[C@H](Cc2ccccc2)N(C(=O)c2ccc(F)cc2)C/C=C/CN(C(=O)c2ccc(F)cc2)c2ccccc2[C@@H]1OC. The molecule has 0 saturated heterocycles. The smallest absolute Gasteiger partial charge is 0.258 e. The van der Waals surface area contributed by atoms with Crippen LogP contribution in [0.5, 0.6) is 0 Å². The number of amides is 3. The van der Waals surface area contributed by atoms with E-state index in [0.717, 1.165) is 5.56 Å². The van der Waals surface area contributed by atoms with E-state index >= 15 is 0 Å². The molecule has 1 heterocycles. The summed E-state index contributed by atoms with van der Waals surface area (Å²) in [5.74, 6) is -1.96. The molecule has 4 aromatic carbocycles. The molecule has 10 heteroatoms. The van der Waals surface area contributed by atoms with Crippen LogP contribution >= 0.6 is 0 Å². The summed E-state index contributed by atoms with van der Waals surface area (Å²) in [6.07, 6.45) is 2.33. The van der Waals surface area contributed by atoms with Gasteiger partial charge in [0, 0.05) is 63.5 Å². The first-order valence-corrected chi connectivity index (χ1v) is 17.4. The van der Waals surface area contributed by atoms with Crippen molar-refractivity contribution in [2.45, 2.75) is 38.5 Å². The zero-order valence-electron chi connectivity index (χ0n) is 30.0. The Morgan fingerprint density at radius 2 is 1.33 bits per heavy atom. The lowest BCUT2D eigenvalue weighted by molar-refractivity contribution is -0.140. The number of para-hydroxylation sites is 1. The molecule has 0 aliphatic carbocycles. The zero-order valence-corrected chi connectivity index (χ0v) is 30.0. The molecule has 4 aromatic rings. The molecule has 3 atom stereocenters. The van der Waals surface area contributed by atoms with E-state index in [9.17, 15) is 23.2 Å². The largest absolute Gasteiger partial charge is 0.377 e. The van der Waals surface area contributed by atoms with Gasteiger partial charge in [-0.2, -0.15) is 0 Å². The van der Waals surface area contributed by atoms with Crippen LogP contribution < -0.4 is 4.90 Å². The summed E-state index contributed by atoms with van der Waals surface area (Å²) in [4.78, 5) is 48.3. The van der Waals surface area contributed by atoms with E-state index in [0.29, 0.717) is 17.8 Å². The highest BCUT2D eigenvalue weighted by Crippen LogP contribution is 2.34. The van der Waals surface area contributed by atoms with Crippen LogP contribution in [0.15, 0.2) is 115 Å². The number of halogens is 2. The van der Waals surface area contributed by atoms with Gasteiger partial charge in [-0.25, -0.2) is 8.78 Å². The Hall–Kier alpha value is -5.19. The average Bonchev–Trinajstić information content (AvgIpc) is 3.15. The van der Waals surface area contributed by atoms with Crippen LogP contribution in [0.2, 0.25) is 0 Å². The van der Waals surface area contributed by atoms with Crippen LogP contribution in [-0.4, -0.2) is 80.1 Å². The lowest BCUT2D eigenvalue weighted by Crippen LogP contribution is -2.54. The summed E-state index contributed by atoms with van der Waals surface area (Å²) in [7, 11) is 3.11. The van der Waals surface area contributed by atoms with Crippen molar-refractivity contribution in [2.75, 3.05) is 45.3 Å². The average molecular weight is 710 g/mol. The number of benzene rings is 4. The molecule has 1 unspecified atom stereocenters. The second-order valence-corrected chi connectivity index (χ2v) is 13.2. The van der Waals surface area contributed by atoms with E-state index in [1.54, 1.807) is 36.2 Å². The van der Waals surface area contributed by atoms with E-state index in [2.05, 4.69) is 0 Å². The van der Waals surface area contributed by atoms with Gasteiger partial charge < -0.3 is 24.2 Å². The molecule has 0 spiro atoms. The number of hydrogen-bond donors (Lipinski definition) is 0. The molecular formula is C42H45F2N3O5. The maximum absolute atomic E-state index is 15.0. The molecular weight excluding hydrogens is 664 g/mol. The highest BCUT2D eigenvalue weighted by atomic mass is 19.1. The topological polar surface area (TPSA) is 79.4 Å². The van der Waals surface area contributed by atoms with Crippen molar-refractivity contribution >= 4 is 23.4 Å². The minimum atomic E-state index is -0.950.